The lowest BCUT2D eigenvalue weighted by Crippen LogP contribution is -2.19. The van der Waals surface area contributed by atoms with Gasteiger partial charge < -0.3 is 10.1 Å². The molecule has 1 saturated heterocycles. The number of hydrogen-bond acceptors (Lipinski definition) is 3. The van der Waals surface area contributed by atoms with E-state index in [1.807, 2.05) is 10.9 Å². The minimum atomic E-state index is 0.421. The van der Waals surface area contributed by atoms with E-state index < -0.39 is 0 Å². The first-order valence-corrected chi connectivity index (χ1v) is 7.30. The van der Waals surface area contributed by atoms with Gasteiger partial charge in [-0.2, -0.15) is 5.10 Å². The summed E-state index contributed by atoms with van der Waals surface area (Å²) in [6.07, 6.45) is 12.0. The second kappa shape index (κ2) is 5.74. The van der Waals surface area contributed by atoms with Gasteiger partial charge in [0.1, 0.15) is 0 Å². The third-order valence-corrected chi connectivity index (χ3v) is 4.07. The number of aromatic nitrogens is 2. The Morgan fingerprint density at radius 2 is 2.17 bits per heavy atom. The van der Waals surface area contributed by atoms with Gasteiger partial charge in [0, 0.05) is 6.54 Å². The zero-order chi connectivity index (χ0) is 12.2. The van der Waals surface area contributed by atoms with Crippen molar-refractivity contribution in [3.8, 4) is 5.75 Å². The van der Waals surface area contributed by atoms with Crippen LogP contribution >= 0.6 is 0 Å². The van der Waals surface area contributed by atoms with Gasteiger partial charge in [-0.25, -0.2) is 0 Å². The molecule has 1 atom stereocenters. The van der Waals surface area contributed by atoms with Crippen LogP contribution in [0.1, 0.15) is 38.5 Å². The molecule has 1 aromatic rings. The van der Waals surface area contributed by atoms with Crippen molar-refractivity contribution in [2.24, 2.45) is 5.92 Å². The average molecular weight is 249 g/mol. The Labute approximate surface area is 109 Å². The van der Waals surface area contributed by atoms with Gasteiger partial charge in [0.2, 0.25) is 0 Å². The highest BCUT2D eigenvalue weighted by Gasteiger charge is 2.17. The smallest absolute Gasteiger partial charge is 0.157 e. The number of rotatable bonds is 4. The minimum absolute atomic E-state index is 0.421. The molecule has 2 aliphatic rings. The van der Waals surface area contributed by atoms with E-state index in [1.54, 1.807) is 0 Å². The van der Waals surface area contributed by atoms with E-state index in [2.05, 4.69) is 16.6 Å². The summed E-state index contributed by atoms with van der Waals surface area (Å²) in [4.78, 5) is 0. The molecule has 0 bridgehead atoms. The maximum atomic E-state index is 6.00. The molecule has 4 nitrogen and oxygen atoms in total. The van der Waals surface area contributed by atoms with Crippen molar-refractivity contribution in [1.29, 1.82) is 0 Å². The lowest BCUT2D eigenvalue weighted by atomic mass is 9.98. The summed E-state index contributed by atoms with van der Waals surface area (Å²) in [6.45, 7) is 3.29. The molecule has 18 heavy (non-hydrogen) atoms. The fourth-order valence-electron chi connectivity index (χ4n) is 3.02. The van der Waals surface area contributed by atoms with Crippen molar-refractivity contribution in [2.45, 2.75) is 51.2 Å². The van der Waals surface area contributed by atoms with Crippen LogP contribution in [0.5, 0.6) is 5.75 Å². The largest absolute Gasteiger partial charge is 0.487 e. The van der Waals surface area contributed by atoms with E-state index >= 15 is 0 Å². The summed E-state index contributed by atoms with van der Waals surface area (Å²) in [5, 5.41) is 7.80. The van der Waals surface area contributed by atoms with Gasteiger partial charge in [-0.3, -0.25) is 4.68 Å². The van der Waals surface area contributed by atoms with Crippen LogP contribution in [0.4, 0.5) is 0 Å². The first-order valence-electron chi connectivity index (χ1n) is 7.30. The molecule has 3 rings (SSSR count). The lowest BCUT2D eigenvalue weighted by molar-refractivity contribution is 0.155. The van der Waals surface area contributed by atoms with E-state index in [0.29, 0.717) is 6.10 Å². The monoisotopic (exact) mass is 249 g/mol. The van der Waals surface area contributed by atoms with Gasteiger partial charge in [0.15, 0.2) is 5.75 Å². The summed E-state index contributed by atoms with van der Waals surface area (Å²) in [5.74, 6) is 1.68. The highest BCUT2D eigenvalue weighted by atomic mass is 16.5. The second-order valence-corrected chi connectivity index (χ2v) is 5.63. The summed E-state index contributed by atoms with van der Waals surface area (Å²) in [6, 6.07) is 0. The van der Waals surface area contributed by atoms with E-state index in [0.717, 1.165) is 31.3 Å². The van der Waals surface area contributed by atoms with Crippen LogP contribution < -0.4 is 10.1 Å². The van der Waals surface area contributed by atoms with Crippen molar-refractivity contribution in [3.05, 3.63) is 12.4 Å². The molecular weight excluding hydrogens is 226 g/mol. The summed E-state index contributed by atoms with van der Waals surface area (Å²) in [7, 11) is 0. The fourth-order valence-corrected chi connectivity index (χ4v) is 3.02. The maximum Gasteiger partial charge on any atom is 0.157 e. The Balaban J connectivity index is 1.52. The Morgan fingerprint density at radius 1 is 1.28 bits per heavy atom. The molecule has 4 heteroatoms. The zero-order valence-corrected chi connectivity index (χ0v) is 11.0. The standard InChI is InChI=1S/C14H23N3O/c1-2-4-13(5-3-1)18-14-9-16-17(11-14)10-12-6-7-15-8-12/h9,11-13,15H,1-8,10H2. The first-order chi connectivity index (χ1) is 8.90. The van der Waals surface area contributed by atoms with E-state index in [-0.39, 0.29) is 0 Å². The molecule has 1 saturated carbocycles. The molecule has 2 heterocycles. The molecule has 2 fully saturated rings. The number of hydrogen-bond donors (Lipinski definition) is 1. The van der Waals surface area contributed by atoms with Crippen LogP contribution in [0, 0.1) is 5.92 Å². The first kappa shape index (κ1) is 12.0. The van der Waals surface area contributed by atoms with Gasteiger partial charge in [-0.05, 0) is 51.1 Å². The highest BCUT2D eigenvalue weighted by molar-refractivity contribution is 5.12. The van der Waals surface area contributed by atoms with E-state index in [9.17, 15) is 0 Å². The van der Waals surface area contributed by atoms with Crippen molar-refractivity contribution in [2.75, 3.05) is 13.1 Å². The van der Waals surface area contributed by atoms with Gasteiger partial charge in [-0.15, -0.1) is 0 Å². The van der Waals surface area contributed by atoms with Crippen LogP contribution in [-0.2, 0) is 6.54 Å². The Bertz CT molecular complexity index is 365. The maximum absolute atomic E-state index is 6.00. The fraction of sp³-hybridized carbons (Fsp3) is 0.786. The van der Waals surface area contributed by atoms with Crippen LogP contribution in [0.25, 0.3) is 0 Å². The third-order valence-electron chi connectivity index (χ3n) is 4.07. The Kier molecular flexibility index (Phi) is 3.84. The van der Waals surface area contributed by atoms with E-state index in [1.165, 1.54) is 38.5 Å². The van der Waals surface area contributed by atoms with Gasteiger partial charge in [0.25, 0.3) is 0 Å². The molecule has 0 radical (unpaired) electrons. The molecule has 0 spiro atoms. The van der Waals surface area contributed by atoms with Crippen molar-refractivity contribution in [1.82, 2.24) is 15.1 Å². The molecule has 1 aliphatic carbocycles. The molecule has 100 valence electrons. The average Bonchev–Trinajstić information content (AvgIpc) is 3.03. The van der Waals surface area contributed by atoms with Crippen molar-refractivity contribution < 1.29 is 4.74 Å². The van der Waals surface area contributed by atoms with Crippen LogP contribution in [0.2, 0.25) is 0 Å². The van der Waals surface area contributed by atoms with Gasteiger partial charge in [-0.1, -0.05) is 6.42 Å². The summed E-state index contributed by atoms with van der Waals surface area (Å²) < 4.78 is 8.04. The molecule has 1 aliphatic heterocycles. The molecule has 1 N–H and O–H groups in total. The van der Waals surface area contributed by atoms with E-state index in [4.69, 9.17) is 4.74 Å². The SMILES string of the molecule is c1nn(CC2CCNC2)cc1OC1CCCCC1. The Morgan fingerprint density at radius 3 is 2.94 bits per heavy atom. The summed E-state index contributed by atoms with van der Waals surface area (Å²) in [5.41, 5.74) is 0. The summed E-state index contributed by atoms with van der Waals surface area (Å²) >= 11 is 0. The zero-order valence-electron chi connectivity index (χ0n) is 11.0. The minimum Gasteiger partial charge on any atom is -0.487 e. The van der Waals surface area contributed by atoms with Crippen LogP contribution in [-0.4, -0.2) is 29.0 Å². The van der Waals surface area contributed by atoms with Crippen molar-refractivity contribution in [3.63, 3.8) is 0 Å². The molecular formula is C14H23N3O. The Hall–Kier alpha value is -1.03. The number of ether oxygens (including phenoxy) is 1. The van der Waals surface area contributed by atoms with Gasteiger partial charge >= 0.3 is 0 Å². The van der Waals surface area contributed by atoms with Crippen LogP contribution in [0.3, 0.4) is 0 Å². The highest BCUT2D eigenvalue weighted by Crippen LogP contribution is 2.23. The topological polar surface area (TPSA) is 39.1 Å². The molecule has 1 unspecified atom stereocenters. The van der Waals surface area contributed by atoms with Crippen molar-refractivity contribution >= 4 is 0 Å². The predicted molar refractivity (Wildman–Crippen MR) is 70.7 cm³/mol. The third kappa shape index (κ3) is 3.05. The molecule has 0 aromatic carbocycles. The number of nitrogens with one attached hydrogen (secondary N) is 1. The molecule has 0 amide bonds. The predicted octanol–water partition coefficient (Wildman–Crippen LogP) is 2.20. The quantitative estimate of drug-likeness (QED) is 0.889. The van der Waals surface area contributed by atoms with Crippen LogP contribution in [0.15, 0.2) is 12.4 Å². The lowest BCUT2D eigenvalue weighted by Gasteiger charge is -2.21. The normalized spacial score (nSPS) is 25.4. The number of nitrogens with zero attached hydrogens (tertiary/aromatic N) is 2. The molecule has 1 aromatic heterocycles. The van der Waals surface area contributed by atoms with Gasteiger partial charge in [0.05, 0.1) is 18.5 Å². The second-order valence-electron chi connectivity index (χ2n) is 5.63.